The number of para-hydroxylation sites is 2. The number of methoxy groups -OCH3 is 2. The normalized spacial score (nSPS) is 18.6. The Morgan fingerprint density at radius 3 is 2.41 bits per heavy atom. The average Bonchev–Trinajstić information content (AvgIpc) is 3.07. The zero-order valence-corrected chi connectivity index (χ0v) is 22.5. The van der Waals surface area contributed by atoms with Gasteiger partial charge in [0.2, 0.25) is 0 Å². The number of ketones is 1. The van der Waals surface area contributed by atoms with Crippen LogP contribution in [0, 0.1) is 0 Å². The number of fused-ring (bicyclic) bond motifs is 1. The monoisotopic (exact) mass is 564 g/mol. The molecule has 2 atom stereocenters. The minimum atomic E-state index is -0.430. The molecule has 3 N–H and O–H groups in total. The van der Waals surface area contributed by atoms with Gasteiger partial charge in [0.15, 0.2) is 28.8 Å². The van der Waals surface area contributed by atoms with Crippen molar-refractivity contribution in [2.45, 2.75) is 31.7 Å². The van der Waals surface area contributed by atoms with Gasteiger partial charge >= 0.3 is 0 Å². The number of hydrogen-bond donors (Lipinski definition) is 3. The number of benzene rings is 3. The number of phenols is 1. The molecule has 3 aromatic carbocycles. The van der Waals surface area contributed by atoms with Crippen LogP contribution in [0.2, 0.25) is 0 Å². The first-order valence-corrected chi connectivity index (χ1v) is 13.0. The maximum absolute atomic E-state index is 13.8. The van der Waals surface area contributed by atoms with Crippen molar-refractivity contribution in [1.82, 2.24) is 0 Å². The summed E-state index contributed by atoms with van der Waals surface area (Å²) < 4.78 is 17.1. The smallest absolute Gasteiger partial charge is 0.172 e. The first-order chi connectivity index (χ1) is 17.9. The van der Waals surface area contributed by atoms with Gasteiger partial charge in [-0.25, -0.2) is 0 Å². The number of allylic oxidation sites excluding steroid dienone is 1. The Labute approximate surface area is 224 Å². The third-order valence-electron chi connectivity index (χ3n) is 6.87. The Hall–Kier alpha value is -3.65. The van der Waals surface area contributed by atoms with Crippen LogP contribution in [-0.4, -0.2) is 31.7 Å². The van der Waals surface area contributed by atoms with Gasteiger partial charge in [-0.3, -0.25) is 4.79 Å². The van der Waals surface area contributed by atoms with Gasteiger partial charge in [-0.05, 0) is 82.7 Å². The number of carbonyl (C=O) groups excluding carboxylic acids is 1. The molecule has 0 spiro atoms. The van der Waals surface area contributed by atoms with E-state index in [0.717, 1.165) is 28.2 Å². The summed E-state index contributed by atoms with van der Waals surface area (Å²) in [6.07, 6.45) is 1.02. The molecular weight excluding hydrogens is 536 g/mol. The van der Waals surface area contributed by atoms with Crippen molar-refractivity contribution in [3.8, 4) is 23.0 Å². The van der Waals surface area contributed by atoms with Crippen LogP contribution in [0.25, 0.3) is 0 Å². The highest BCUT2D eigenvalue weighted by Crippen LogP contribution is 2.47. The maximum atomic E-state index is 13.8. The molecule has 0 saturated carbocycles. The Kier molecular flexibility index (Phi) is 7.02. The largest absolute Gasteiger partial charge is 0.503 e. The summed E-state index contributed by atoms with van der Waals surface area (Å²) >= 11 is 3.43. The molecule has 8 heteroatoms. The summed E-state index contributed by atoms with van der Waals surface area (Å²) in [4.78, 5) is 13.8. The van der Waals surface area contributed by atoms with Gasteiger partial charge in [0.05, 0.1) is 42.7 Å². The molecule has 0 radical (unpaired) electrons. The second-order valence-corrected chi connectivity index (χ2v) is 9.92. The summed E-state index contributed by atoms with van der Waals surface area (Å²) in [5.74, 6) is 1.74. The maximum Gasteiger partial charge on any atom is 0.172 e. The predicted octanol–water partition coefficient (Wildman–Crippen LogP) is 6.55. The highest BCUT2D eigenvalue weighted by molar-refractivity contribution is 9.10. The molecule has 2 aliphatic rings. The van der Waals surface area contributed by atoms with Gasteiger partial charge in [0, 0.05) is 17.7 Å². The van der Waals surface area contributed by atoms with Crippen LogP contribution >= 0.6 is 15.9 Å². The standard InChI is InChI=1S/C29H29BrN2O5/c1-4-37-24-10-9-16(14-25(24)35-2)17-12-22-27(23(33)13-17)28(32-21-8-6-5-7-20(21)31-22)18-11-19(30)29(34)26(15-18)36-3/h5-11,14-15,17,28,31-32,34H,4,12-13H2,1-3H3/t17-,28-/m1/s1. The van der Waals surface area contributed by atoms with Gasteiger partial charge in [-0.1, -0.05) is 18.2 Å². The summed E-state index contributed by atoms with van der Waals surface area (Å²) in [6.45, 7) is 2.48. The van der Waals surface area contributed by atoms with Crippen LogP contribution in [0.5, 0.6) is 23.0 Å². The number of halogens is 1. The molecule has 0 saturated heterocycles. The lowest BCUT2D eigenvalue weighted by atomic mass is 9.78. The average molecular weight is 565 g/mol. The van der Waals surface area contributed by atoms with E-state index in [1.807, 2.05) is 55.5 Å². The first kappa shape index (κ1) is 25.0. The molecule has 7 nitrogen and oxygen atoms in total. The van der Waals surface area contributed by atoms with E-state index in [0.29, 0.717) is 46.7 Å². The summed E-state index contributed by atoms with van der Waals surface area (Å²) in [7, 11) is 3.13. The lowest BCUT2D eigenvalue weighted by Gasteiger charge is -2.30. The van der Waals surface area contributed by atoms with E-state index in [-0.39, 0.29) is 17.5 Å². The topological polar surface area (TPSA) is 89.1 Å². The fourth-order valence-electron chi connectivity index (χ4n) is 5.11. The summed E-state index contributed by atoms with van der Waals surface area (Å²) in [5, 5.41) is 17.5. The number of anilines is 2. The van der Waals surface area contributed by atoms with Crippen molar-refractivity contribution in [2.75, 3.05) is 31.5 Å². The molecule has 0 aromatic heterocycles. The van der Waals surface area contributed by atoms with Crippen molar-refractivity contribution < 1.29 is 24.1 Å². The number of hydrogen-bond acceptors (Lipinski definition) is 7. The third-order valence-corrected chi connectivity index (χ3v) is 7.48. The SMILES string of the molecule is CCOc1ccc([C@H]2CC(=O)C3=C(C2)Nc2ccccc2N[C@@H]3c2cc(Br)c(O)c(OC)c2)cc1OC. The van der Waals surface area contributed by atoms with Gasteiger partial charge in [-0.2, -0.15) is 0 Å². The van der Waals surface area contributed by atoms with Gasteiger partial charge in [0.1, 0.15) is 0 Å². The molecule has 1 heterocycles. The predicted molar refractivity (Wildman–Crippen MR) is 147 cm³/mol. The zero-order chi connectivity index (χ0) is 26.1. The lowest BCUT2D eigenvalue weighted by Crippen LogP contribution is -2.27. The quantitative estimate of drug-likeness (QED) is 0.312. The van der Waals surface area contributed by atoms with E-state index in [2.05, 4.69) is 26.6 Å². The fourth-order valence-corrected chi connectivity index (χ4v) is 5.57. The zero-order valence-electron chi connectivity index (χ0n) is 20.9. The Bertz CT molecular complexity index is 1390. The molecule has 0 amide bonds. The van der Waals surface area contributed by atoms with E-state index < -0.39 is 6.04 Å². The molecule has 5 rings (SSSR count). The van der Waals surface area contributed by atoms with Crippen molar-refractivity contribution in [3.05, 3.63) is 81.5 Å². The number of nitrogens with one attached hydrogen (secondary N) is 2. The van der Waals surface area contributed by atoms with Crippen LogP contribution in [0.3, 0.4) is 0 Å². The number of Topliss-reactive ketones (excluding diaryl/α,β-unsaturated/α-hetero) is 1. The molecule has 192 valence electrons. The van der Waals surface area contributed by atoms with E-state index in [1.54, 1.807) is 13.2 Å². The van der Waals surface area contributed by atoms with Crippen LogP contribution in [-0.2, 0) is 4.79 Å². The summed E-state index contributed by atoms with van der Waals surface area (Å²) in [5.41, 5.74) is 5.18. The molecule has 1 aliphatic heterocycles. The third kappa shape index (κ3) is 4.73. The van der Waals surface area contributed by atoms with Gasteiger partial charge in [-0.15, -0.1) is 0 Å². The molecule has 37 heavy (non-hydrogen) atoms. The second-order valence-electron chi connectivity index (χ2n) is 9.07. The van der Waals surface area contributed by atoms with Crippen LogP contribution in [0.1, 0.15) is 42.9 Å². The van der Waals surface area contributed by atoms with E-state index >= 15 is 0 Å². The number of ether oxygens (including phenoxy) is 3. The number of aromatic hydroxyl groups is 1. The van der Waals surface area contributed by atoms with Crippen molar-refractivity contribution in [1.29, 1.82) is 0 Å². The molecule has 0 fully saturated rings. The minimum absolute atomic E-state index is 0.0182. The number of rotatable bonds is 6. The Morgan fingerprint density at radius 2 is 1.68 bits per heavy atom. The van der Waals surface area contributed by atoms with E-state index in [4.69, 9.17) is 14.2 Å². The van der Waals surface area contributed by atoms with E-state index in [1.165, 1.54) is 7.11 Å². The molecule has 0 bridgehead atoms. The van der Waals surface area contributed by atoms with Crippen LogP contribution in [0.4, 0.5) is 11.4 Å². The van der Waals surface area contributed by atoms with Gasteiger partial charge in [0.25, 0.3) is 0 Å². The molecule has 3 aromatic rings. The Balaban J connectivity index is 1.59. The van der Waals surface area contributed by atoms with Crippen LogP contribution < -0.4 is 24.8 Å². The Morgan fingerprint density at radius 1 is 0.946 bits per heavy atom. The second kappa shape index (κ2) is 10.4. The number of carbonyl (C=O) groups is 1. The molecular formula is C29H29BrN2O5. The highest BCUT2D eigenvalue weighted by Gasteiger charge is 2.36. The van der Waals surface area contributed by atoms with Crippen molar-refractivity contribution in [2.24, 2.45) is 0 Å². The van der Waals surface area contributed by atoms with E-state index in [9.17, 15) is 9.90 Å². The fraction of sp³-hybridized carbons (Fsp3) is 0.276. The lowest BCUT2D eigenvalue weighted by molar-refractivity contribution is -0.116. The van der Waals surface area contributed by atoms with Gasteiger partial charge < -0.3 is 30.0 Å². The summed E-state index contributed by atoms with van der Waals surface area (Å²) in [6, 6.07) is 17.0. The molecule has 0 unspecified atom stereocenters. The van der Waals surface area contributed by atoms with Crippen molar-refractivity contribution >= 4 is 33.1 Å². The van der Waals surface area contributed by atoms with Crippen molar-refractivity contribution in [3.63, 3.8) is 0 Å². The first-order valence-electron chi connectivity index (χ1n) is 12.2. The van der Waals surface area contributed by atoms with Crippen LogP contribution in [0.15, 0.2) is 70.3 Å². The minimum Gasteiger partial charge on any atom is -0.503 e. The highest BCUT2D eigenvalue weighted by atomic mass is 79.9. The number of phenolic OH excluding ortho intramolecular Hbond substituents is 1. The molecule has 1 aliphatic carbocycles.